The fourth-order valence-corrected chi connectivity index (χ4v) is 6.56. The molecule has 8 heteroatoms. The van der Waals surface area contributed by atoms with Crippen LogP contribution in [0.5, 0.6) is 0 Å². The average molecular weight is 484 g/mol. The van der Waals surface area contributed by atoms with Crippen LogP contribution in [-0.4, -0.2) is 70.3 Å². The fraction of sp³-hybridized carbons (Fsp3) is 0.667. The molecule has 5 rings (SSSR count). The molecule has 5 atom stereocenters. The predicted molar refractivity (Wildman–Crippen MR) is 131 cm³/mol. The van der Waals surface area contributed by atoms with Crippen LogP contribution < -0.4 is 5.73 Å². The Bertz CT molecular complexity index is 942. The molecule has 2 amide bonds. The fourth-order valence-electron chi connectivity index (χ4n) is 6.56. The highest BCUT2D eigenvalue weighted by Gasteiger charge is 2.53. The molecule has 2 N–H and O–H groups in total. The molecule has 1 aliphatic carbocycles. The number of hydrogen-bond acceptors (Lipinski definition) is 5. The molecule has 3 saturated heterocycles. The standard InChI is InChI=1S/C25H32FN5O2.C2H6/c26-18-9-7-17(8-10-18)23(16-4-1-2-5-16)31-20-12-22(25(31)33)29(14-20)15-21(28)24(32)30-11-3-6-19(30)13-27;1-2/h7-10,16,19-23H,1-6,11-12,14-15,28H2;1-2H3/t19?,20-,21-,22?,23?;/m0./s1. The van der Waals surface area contributed by atoms with E-state index in [-0.39, 0.29) is 35.8 Å². The Morgan fingerprint density at radius 3 is 2.49 bits per heavy atom. The number of nitrogens with two attached hydrogens (primary N) is 1. The monoisotopic (exact) mass is 483 g/mol. The van der Waals surface area contributed by atoms with Gasteiger partial charge in [-0.05, 0) is 55.7 Å². The minimum Gasteiger partial charge on any atom is -0.330 e. The number of hydrogen-bond donors (Lipinski definition) is 1. The zero-order chi connectivity index (χ0) is 25.1. The highest BCUT2D eigenvalue weighted by Crippen LogP contribution is 2.45. The average Bonchev–Trinajstić information content (AvgIpc) is 3.67. The lowest BCUT2D eigenvalue weighted by Crippen LogP contribution is -2.57. The molecule has 190 valence electrons. The van der Waals surface area contributed by atoms with E-state index in [1.165, 1.54) is 25.0 Å². The molecule has 1 saturated carbocycles. The Kier molecular flexibility index (Phi) is 8.08. The number of fused-ring (bicyclic) bond motifs is 2. The van der Waals surface area contributed by atoms with E-state index in [1.807, 2.05) is 26.0 Å². The van der Waals surface area contributed by atoms with Gasteiger partial charge < -0.3 is 15.5 Å². The lowest BCUT2D eigenvalue weighted by Gasteiger charge is -2.42. The van der Waals surface area contributed by atoms with Crippen molar-refractivity contribution in [2.24, 2.45) is 11.7 Å². The Balaban J connectivity index is 0.00000141. The van der Waals surface area contributed by atoms with Crippen LogP contribution in [0.2, 0.25) is 0 Å². The summed E-state index contributed by atoms with van der Waals surface area (Å²) >= 11 is 0. The summed E-state index contributed by atoms with van der Waals surface area (Å²) in [6, 6.07) is 7.49. The number of carbonyl (C=O) groups is 2. The summed E-state index contributed by atoms with van der Waals surface area (Å²) < 4.78 is 13.6. The number of nitriles is 1. The van der Waals surface area contributed by atoms with Crippen molar-refractivity contribution in [3.8, 4) is 6.07 Å². The summed E-state index contributed by atoms with van der Waals surface area (Å²) in [6.07, 6.45) is 6.77. The predicted octanol–water partition coefficient (Wildman–Crippen LogP) is 3.21. The molecular weight excluding hydrogens is 445 g/mol. The van der Waals surface area contributed by atoms with Gasteiger partial charge in [0.15, 0.2) is 0 Å². The van der Waals surface area contributed by atoms with Gasteiger partial charge >= 0.3 is 0 Å². The van der Waals surface area contributed by atoms with E-state index in [0.717, 1.165) is 31.2 Å². The summed E-state index contributed by atoms with van der Waals surface area (Å²) in [5.41, 5.74) is 7.28. The Morgan fingerprint density at radius 1 is 1.17 bits per heavy atom. The van der Waals surface area contributed by atoms with Gasteiger partial charge in [0.1, 0.15) is 11.9 Å². The first-order valence-electron chi connectivity index (χ1n) is 13.3. The molecular formula is C27H38FN5O2. The summed E-state index contributed by atoms with van der Waals surface area (Å²) in [7, 11) is 0. The van der Waals surface area contributed by atoms with Crippen LogP contribution in [0.4, 0.5) is 4.39 Å². The molecule has 0 spiro atoms. The number of likely N-dealkylation sites (tertiary alicyclic amines) is 3. The van der Waals surface area contributed by atoms with E-state index >= 15 is 0 Å². The minimum atomic E-state index is -0.734. The topological polar surface area (TPSA) is 93.7 Å². The maximum atomic E-state index is 13.6. The second-order valence-electron chi connectivity index (χ2n) is 10.1. The number of carbonyl (C=O) groups excluding carboxylic acids is 2. The van der Waals surface area contributed by atoms with E-state index < -0.39 is 12.1 Å². The van der Waals surface area contributed by atoms with Crippen molar-refractivity contribution in [3.05, 3.63) is 35.6 Å². The van der Waals surface area contributed by atoms with E-state index in [4.69, 9.17) is 5.73 Å². The number of rotatable bonds is 6. The Labute approximate surface area is 208 Å². The van der Waals surface area contributed by atoms with Gasteiger partial charge in [-0.25, -0.2) is 4.39 Å². The molecule has 3 unspecified atom stereocenters. The van der Waals surface area contributed by atoms with Gasteiger partial charge in [0, 0.05) is 25.7 Å². The molecule has 4 aliphatic rings. The van der Waals surface area contributed by atoms with Crippen molar-refractivity contribution >= 4 is 11.8 Å². The zero-order valence-corrected chi connectivity index (χ0v) is 20.9. The highest BCUT2D eigenvalue weighted by atomic mass is 19.1. The third kappa shape index (κ3) is 4.94. The molecule has 3 heterocycles. The van der Waals surface area contributed by atoms with Gasteiger partial charge in [-0.1, -0.05) is 38.8 Å². The van der Waals surface area contributed by atoms with Gasteiger partial charge in [-0.15, -0.1) is 0 Å². The van der Waals surface area contributed by atoms with E-state index in [2.05, 4.69) is 15.9 Å². The molecule has 0 radical (unpaired) electrons. The number of amides is 2. The van der Waals surface area contributed by atoms with Crippen LogP contribution >= 0.6 is 0 Å². The van der Waals surface area contributed by atoms with Gasteiger partial charge in [0.25, 0.3) is 0 Å². The first-order chi connectivity index (χ1) is 17.0. The third-order valence-electron chi connectivity index (χ3n) is 8.11. The molecule has 2 bridgehead atoms. The Morgan fingerprint density at radius 2 is 1.86 bits per heavy atom. The molecule has 0 aromatic heterocycles. The number of benzene rings is 1. The molecule has 7 nitrogen and oxygen atoms in total. The van der Waals surface area contributed by atoms with Gasteiger partial charge in [-0.3, -0.25) is 14.5 Å². The largest absolute Gasteiger partial charge is 0.330 e. The second-order valence-corrected chi connectivity index (χ2v) is 10.1. The number of nitrogens with zero attached hydrogens (tertiary/aromatic N) is 4. The molecule has 4 fully saturated rings. The van der Waals surface area contributed by atoms with Gasteiger partial charge in [-0.2, -0.15) is 5.26 Å². The third-order valence-corrected chi connectivity index (χ3v) is 8.11. The number of halogens is 1. The van der Waals surface area contributed by atoms with Crippen molar-refractivity contribution in [3.63, 3.8) is 0 Å². The minimum absolute atomic E-state index is 0.0194. The van der Waals surface area contributed by atoms with Crippen molar-refractivity contribution in [1.29, 1.82) is 5.26 Å². The summed E-state index contributed by atoms with van der Waals surface area (Å²) in [6.45, 7) is 5.60. The summed E-state index contributed by atoms with van der Waals surface area (Å²) in [4.78, 5) is 32.1. The van der Waals surface area contributed by atoms with Crippen LogP contribution in [0.3, 0.4) is 0 Å². The Hall–Kier alpha value is -2.50. The molecule has 1 aromatic rings. The van der Waals surface area contributed by atoms with Gasteiger partial charge in [0.2, 0.25) is 11.8 Å². The normalized spacial score (nSPS) is 28.1. The van der Waals surface area contributed by atoms with Gasteiger partial charge in [0.05, 0.1) is 24.2 Å². The highest BCUT2D eigenvalue weighted by molar-refractivity contribution is 5.87. The van der Waals surface area contributed by atoms with Crippen LogP contribution in [0.15, 0.2) is 24.3 Å². The first kappa shape index (κ1) is 25.6. The molecule has 3 aliphatic heterocycles. The van der Waals surface area contributed by atoms with Crippen molar-refractivity contribution < 1.29 is 14.0 Å². The maximum absolute atomic E-state index is 13.6. The molecule has 1 aromatic carbocycles. The van der Waals surface area contributed by atoms with Crippen molar-refractivity contribution in [2.45, 2.75) is 89.0 Å². The first-order valence-corrected chi connectivity index (χ1v) is 13.3. The van der Waals surface area contributed by atoms with E-state index in [9.17, 15) is 19.2 Å². The van der Waals surface area contributed by atoms with Crippen LogP contribution in [0.25, 0.3) is 0 Å². The smallest absolute Gasteiger partial charge is 0.241 e. The van der Waals surface area contributed by atoms with Crippen LogP contribution in [0.1, 0.15) is 70.4 Å². The van der Waals surface area contributed by atoms with Crippen molar-refractivity contribution in [1.82, 2.24) is 14.7 Å². The number of piperazine rings is 1. The lowest BCUT2D eigenvalue weighted by molar-refractivity contribution is -0.142. The lowest BCUT2D eigenvalue weighted by atomic mass is 9.89. The zero-order valence-electron chi connectivity index (χ0n) is 20.9. The molecule has 35 heavy (non-hydrogen) atoms. The quantitative estimate of drug-likeness (QED) is 0.671. The second kappa shape index (κ2) is 11.0. The van der Waals surface area contributed by atoms with Crippen molar-refractivity contribution in [2.75, 3.05) is 19.6 Å². The maximum Gasteiger partial charge on any atom is 0.241 e. The summed E-state index contributed by atoms with van der Waals surface area (Å²) in [5, 5.41) is 9.29. The van der Waals surface area contributed by atoms with E-state index in [0.29, 0.717) is 32.0 Å². The summed E-state index contributed by atoms with van der Waals surface area (Å²) in [5.74, 6) is 0.0401. The SMILES string of the molecule is CC.N#CC1CCCN1C(=O)[C@@H](N)CN1C[C@@H]2CC1C(=O)N2C(c1ccc(F)cc1)C1CCCC1. The van der Waals surface area contributed by atoms with Crippen LogP contribution in [0, 0.1) is 23.1 Å². The van der Waals surface area contributed by atoms with E-state index in [1.54, 1.807) is 4.90 Å². The van der Waals surface area contributed by atoms with Crippen LogP contribution in [-0.2, 0) is 9.59 Å².